The van der Waals surface area contributed by atoms with E-state index in [1.165, 1.54) is 32.4 Å². The predicted octanol–water partition coefficient (Wildman–Crippen LogP) is 4.46. The highest BCUT2D eigenvalue weighted by molar-refractivity contribution is 6.11. The maximum atomic E-state index is 14.1. The average Bonchev–Trinajstić information content (AvgIpc) is 3.61. The quantitative estimate of drug-likeness (QED) is 0.687. The number of hydrogen-bond acceptors (Lipinski definition) is 3. The molecule has 3 aliphatic rings. The first-order valence-corrected chi connectivity index (χ1v) is 11.5. The van der Waals surface area contributed by atoms with Gasteiger partial charge in [-0.25, -0.2) is 4.99 Å². The van der Waals surface area contributed by atoms with E-state index in [4.69, 9.17) is 4.99 Å². The largest absolute Gasteiger partial charge is 0.303 e. The number of carbonyl (C=O) groups is 1. The minimum absolute atomic E-state index is 0.125. The highest BCUT2D eigenvalue weighted by Gasteiger charge is 2.53. The lowest BCUT2D eigenvalue weighted by atomic mass is 9.83. The highest BCUT2D eigenvalue weighted by atomic mass is 16.2. The SMILES string of the molecule is O=C1N(CCCN2CCCCC2)C(C2CC2)=NC1(c1ccccc1)c1ccccc1. The summed E-state index contributed by atoms with van der Waals surface area (Å²) in [7, 11) is 0. The van der Waals surface area contributed by atoms with Crippen LogP contribution in [0.1, 0.15) is 49.7 Å². The third-order valence-electron chi connectivity index (χ3n) is 6.74. The van der Waals surface area contributed by atoms with Gasteiger partial charge in [-0.3, -0.25) is 9.69 Å². The topological polar surface area (TPSA) is 35.9 Å². The van der Waals surface area contributed by atoms with Crippen molar-refractivity contribution in [1.29, 1.82) is 0 Å². The Morgan fingerprint density at radius 1 is 0.833 bits per heavy atom. The molecule has 2 aromatic carbocycles. The molecule has 2 aliphatic heterocycles. The minimum atomic E-state index is -0.939. The maximum Gasteiger partial charge on any atom is 0.265 e. The Kier molecular flexibility index (Phi) is 5.43. The molecule has 1 aliphatic carbocycles. The molecule has 1 saturated carbocycles. The molecule has 2 aromatic rings. The predicted molar refractivity (Wildman–Crippen MR) is 120 cm³/mol. The molecular weight excluding hydrogens is 370 g/mol. The normalized spacial score (nSPS) is 21.7. The van der Waals surface area contributed by atoms with E-state index < -0.39 is 5.54 Å². The van der Waals surface area contributed by atoms with Crippen molar-refractivity contribution in [2.75, 3.05) is 26.2 Å². The van der Waals surface area contributed by atoms with Crippen LogP contribution in [0.5, 0.6) is 0 Å². The molecule has 0 spiro atoms. The van der Waals surface area contributed by atoms with Crippen molar-refractivity contribution < 1.29 is 4.79 Å². The smallest absolute Gasteiger partial charge is 0.265 e. The molecule has 0 radical (unpaired) electrons. The maximum absolute atomic E-state index is 14.1. The van der Waals surface area contributed by atoms with Crippen LogP contribution in [-0.4, -0.2) is 47.7 Å². The summed E-state index contributed by atoms with van der Waals surface area (Å²) in [6.07, 6.45) is 7.28. The number of rotatable bonds is 7. The van der Waals surface area contributed by atoms with Gasteiger partial charge in [-0.05, 0) is 62.9 Å². The fourth-order valence-electron chi connectivity index (χ4n) is 4.99. The van der Waals surface area contributed by atoms with E-state index in [9.17, 15) is 4.79 Å². The fourth-order valence-corrected chi connectivity index (χ4v) is 4.99. The summed E-state index contributed by atoms with van der Waals surface area (Å²) in [4.78, 5) is 23.9. The first kappa shape index (κ1) is 19.5. The molecule has 1 saturated heterocycles. The standard InChI is InChI=1S/C26H31N3O/c30-25-26(22-11-4-1-5-12-22,23-13-6-2-7-14-23)27-24(21-15-16-21)29(25)20-10-19-28-17-8-3-9-18-28/h1-2,4-7,11-14,21H,3,8-10,15-20H2. The van der Waals surface area contributed by atoms with Crippen molar-refractivity contribution in [3.8, 4) is 0 Å². The Balaban J connectivity index is 1.45. The van der Waals surface area contributed by atoms with Gasteiger partial charge in [-0.15, -0.1) is 0 Å². The van der Waals surface area contributed by atoms with Crippen molar-refractivity contribution in [2.45, 2.75) is 44.1 Å². The molecule has 0 N–H and O–H groups in total. The van der Waals surface area contributed by atoms with Gasteiger partial charge in [0.25, 0.3) is 5.91 Å². The number of hydrogen-bond donors (Lipinski definition) is 0. The van der Waals surface area contributed by atoms with Gasteiger partial charge in [-0.2, -0.15) is 0 Å². The summed E-state index contributed by atoms with van der Waals surface area (Å²) in [6, 6.07) is 20.3. The van der Waals surface area contributed by atoms with Crippen LogP contribution in [0.2, 0.25) is 0 Å². The summed E-state index contributed by atoms with van der Waals surface area (Å²) < 4.78 is 0. The van der Waals surface area contributed by atoms with Crippen molar-refractivity contribution in [3.05, 3.63) is 71.8 Å². The van der Waals surface area contributed by atoms with Crippen LogP contribution >= 0.6 is 0 Å². The molecule has 2 heterocycles. The number of aliphatic imine (C=N–C) groups is 1. The third-order valence-corrected chi connectivity index (χ3v) is 6.74. The fraction of sp³-hybridized carbons (Fsp3) is 0.462. The van der Waals surface area contributed by atoms with Crippen LogP contribution < -0.4 is 0 Å². The van der Waals surface area contributed by atoms with Crippen LogP contribution in [0.4, 0.5) is 0 Å². The number of amides is 1. The monoisotopic (exact) mass is 401 g/mol. The van der Waals surface area contributed by atoms with Gasteiger partial charge in [0.05, 0.1) is 0 Å². The van der Waals surface area contributed by atoms with E-state index in [-0.39, 0.29) is 5.91 Å². The zero-order chi connectivity index (χ0) is 20.4. The molecule has 30 heavy (non-hydrogen) atoms. The Labute approximate surface area is 179 Å². The Morgan fingerprint density at radius 3 is 2.00 bits per heavy atom. The van der Waals surface area contributed by atoms with Crippen LogP contribution in [0.3, 0.4) is 0 Å². The van der Waals surface area contributed by atoms with E-state index in [1.54, 1.807) is 0 Å². The molecule has 0 atom stereocenters. The molecule has 0 bridgehead atoms. The van der Waals surface area contributed by atoms with E-state index in [0.29, 0.717) is 5.92 Å². The number of amidine groups is 1. The highest BCUT2D eigenvalue weighted by Crippen LogP contribution is 2.45. The van der Waals surface area contributed by atoms with Crippen LogP contribution in [0, 0.1) is 5.92 Å². The zero-order valence-corrected chi connectivity index (χ0v) is 17.7. The van der Waals surface area contributed by atoms with Gasteiger partial charge >= 0.3 is 0 Å². The van der Waals surface area contributed by atoms with Crippen molar-refractivity contribution in [3.63, 3.8) is 0 Å². The van der Waals surface area contributed by atoms with E-state index in [0.717, 1.165) is 49.3 Å². The van der Waals surface area contributed by atoms with E-state index >= 15 is 0 Å². The van der Waals surface area contributed by atoms with Crippen LogP contribution in [0.25, 0.3) is 0 Å². The number of piperidine rings is 1. The first-order valence-electron chi connectivity index (χ1n) is 11.5. The molecule has 4 heteroatoms. The number of benzene rings is 2. The number of carbonyl (C=O) groups excluding carboxylic acids is 1. The summed E-state index contributed by atoms with van der Waals surface area (Å²) in [5.41, 5.74) is 1.00. The number of nitrogens with zero attached hydrogens (tertiary/aromatic N) is 3. The zero-order valence-electron chi connectivity index (χ0n) is 17.7. The number of likely N-dealkylation sites (tertiary alicyclic amines) is 1. The van der Waals surface area contributed by atoms with Gasteiger partial charge in [0.2, 0.25) is 0 Å². The average molecular weight is 402 g/mol. The van der Waals surface area contributed by atoms with Crippen LogP contribution in [0.15, 0.2) is 65.7 Å². The summed E-state index contributed by atoms with van der Waals surface area (Å²) in [5.74, 6) is 1.59. The Morgan fingerprint density at radius 2 is 1.43 bits per heavy atom. The van der Waals surface area contributed by atoms with Gasteiger partial charge in [-0.1, -0.05) is 67.1 Å². The second-order valence-corrected chi connectivity index (χ2v) is 8.90. The van der Waals surface area contributed by atoms with Crippen molar-refractivity contribution in [2.24, 2.45) is 10.9 Å². The summed E-state index contributed by atoms with van der Waals surface area (Å²) in [5, 5.41) is 0. The molecule has 0 aromatic heterocycles. The van der Waals surface area contributed by atoms with Crippen LogP contribution in [-0.2, 0) is 10.3 Å². The lowest BCUT2D eigenvalue weighted by Crippen LogP contribution is -2.43. The Bertz CT molecular complexity index is 859. The van der Waals surface area contributed by atoms with Crippen molar-refractivity contribution >= 4 is 11.7 Å². The molecule has 2 fully saturated rings. The lowest BCUT2D eigenvalue weighted by molar-refractivity contribution is -0.130. The van der Waals surface area contributed by atoms with Gasteiger partial charge in [0.1, 0.15) is 5.84 Å². The molecule has 4 nitrogen and oxygen atoms in total. The van der Waals surface area contributed by atoms with Crippen molar-refractivity contribution in [1.82, 2.24) is 9.80 Å². The summed E-state index contributed by atoms with van der Waals surface area (Å²) in [6.45, 7) is 4.25. The molecular formula is C26H31N3O. The third kappa shape index (κ3) is 3.58. The lowest BCUT2D eigenvalue weighted by Gasteiger charge is -2.29. The second-order valence-electron chi connectivity index (χ2n) is 8.90. The first-order chi connectivity index (χ1) is 14.8. The molecule has 5 rings (SSSR count). The molecule has 1 amide bonds. The second kappa shape index (κ2) is 8.35. The van der Waals surface area contributed by atoms with Gasteiger partial charge in [0.15, 0.2) is 5.54 Å². The molecule has 156 valence electrons. The van der Waals surface area contributed by atoms with Gasteiger partial charge in [0, 0.05) is 12.5 Å². The van der Waals surface area contributed by atoms with E-state index in [2.05, 4.69) is 29.2 Å². The van der Waals surface area contributed by atoms with Gasteiger partial charge < -0.3 is 4.90 Å². The minimum Gasteiger partial charge on any atom is -0.303 e. The van der Waals surface area contributed by atoms with E-state index in [1.807, 2.05) is 41.3 Å². The summed E-state index contributed by atoms with van der Waals surface area (Å²) >= 11 is 0. The molecule has 0 unspecified atom stereocenters. The Hall–Kier alpha value is -2.46.